The molecule has 0 aliphatic rings. The Labute approximate surface area is 301 Å². The van der Waals surface area contributed by atoms with Crippen molar-refractivity contribution in [2.24, 2.45) is 0 Å². The van der Waals surface area contributed by atoms with E-state index in [1.165, 1.54) is 20.9 Å². The lowest BCUT2D eigenvalue weighted by atomic mass is 10.0. The maximum atomic E-state index is 6.70. The number of thiophene rings is 1. The van der Waals surface area contributed by atoms with Gasteiger partial charge in [-0.2, -0.15) is 0 Å². The number of pyridine rings is 1. The Bertz CT molecular complexity index is 3200. The molecule has 0 aliphatic carbocycles. The second-order valence-electron chi connectivity index (χ2n) is 13.0. The van der Waals surface area contributed by atoms with Gasteiger partial charge in [-0.3, -0.25) is 0 Å². The average molecular weight is 683 g/mol. The van der Waals surface area contributed by atoms with E-state index >= 15 is 0 Å². The van der Waals surface area contributed by atoms with Crippen molar-refractivity contribution in [2.75, 3.05) is 0 Å². The Morgan fingerprint density at radius 2 is 1.15 bits per heavy atom. The lowest BCUT2D eigenvalue weighted by molar-refractivity contribution is 0.669. The SMILES string of the molecule is c1ccc(-c2nc(-c3ccc4oc5c(-c6ccc7ccccc7c6)nc6ccccc6c5c4c3)nc(-c3cccc4c3sc3ccccc34)n2)cc1. The van der Waals surface area contributed by atoms with Crippen molar-refractivity contribution in [3.05, 3.63) is 158 Å². The summed E-state index contributed by atoms with van der Waals surface area (Å²) in [6, 6.07) is 54.4. The van der Waals surface area contributed by atoms with Crippen LogP contribution in [0.15, 0.2) is 162 Å². The lowest BCUT2D eigenvalue weighted by Gasteiger charge is -2.09. The van der Waals surface area contributed by atoms with Gasteiger partial charge in [-0.05, 0) is 53.2 Å². The maximum absolute atomic E-state index is 6.70. The van der Waals surface area contributed by atoms with E-state index in [-0.39, 0.29) is 0 Å². The van der Waals surface area contributed by atoms with E-state index in [1.54, 1.807) is 11.3 Å². The van der Waals surface area contributed by atoms with Crippen LogP contribution in [0, 0.1) is 0 Å². The average Bonchev–Trinajstić information content (AvgIpc) is 3.79. The van der Waals surface area contributed by atoms with Crippen LogP contribution in [0.4, 0.5) is 0 Å². The normalized spacial score (nSPS) is 11.8. The predicted octanol–water partition coefficient (Wildman–Crippen LogP) is 12.5. The Morgan fingerprint density at radius 3 is 2.06 bits per heavy atom. The fraction of sp³-hybridized carbons (Fsp3) is 0. The highest BCUT2D eigenvalue weighted by Gasteiger charge is 2.21. The topological polar surface area (TPSA) is 64.7 Å². The molecule has 0 saturated heterocycles. The first-order valence-corrected chi connectivity index (χ1v) is 18.0. The van der Waals surface area contributed by atoms with Crippen LogP contribution in [-0.4, -0.2) is 19.9 Å². The van der Waals surface area contributed by atoms with Gasteiger partial charge in [-0.15, -0.1) is 11.3 Å². The Balaban J connectivity index is 1.15. The molecule has 52 heavy (non-hydrogen) atoms. The minimum atomic E-state index is 0.603. The molecular formula is C46H26N4OS. The molecule has 11 aromatic rings. The minimum Gasteiger partial charge on any atom is -0.454 e. The van der Waals surface area contributed by atoms with Gasteiger partial charge in [0.25, 0.3) is 0 Å². The van der Waals surface area contributed by atoms with Gasteiger partial charge in [-0.25, -0.2) is 19.9 Å². The fourth-order valence-electron chi connectivity index (χ4n) is 7.42. The summed E-state index contributed by atoms with van der Waals surface area (Å²) in [4.78, 5) is 20.5. The van der Waals surface area contributed by atoms with Crippen molar-refractivity contribution in [1.29, 1.82) is 0 Å². The van der Waals surface area contributed by atoms with E-state index in [4.69, 9.17) is 24.4 Å². The molecule has 0 spiro atoms. The summed E-state index contributed by atoms with van der Waals surface area (Å²) in [6.07, 6.45) is 0. The van der Waals surface area contributed by atoms with E-state index in [2.05, 4.69) is 109 Å². The Morgan fingerprint density at radius 1 is 0.442 bits per heavy atom. The van der Waals surface area contributed by atoms with Gasteiger partial charge in [0.1, 0.15) is 11.3 Å². The van der Waals surface area contributed by atoms with Crippen molar-refractivity contribution in [1.82, 2.24) is 19.9 Å². The molecule has 242 valence electrons. The quantitative estimate of drug-likeness (QED) is 0.185. The number of hydrogen-bond donors (Lipinski definition) is 0. The number of hydrogen-bond acceptors (Lipinski definition) is 6. The highest BCUT2D eigenvalue weighted by atomic mass is 32.1. The van der Waals surface area contributed by atoms with Crippen molar-refractivity contribution < 1.29 is 4.42 Å². The van der Waals surface area contributed by atoms with Crippen molar-refractivity contribution in [2.45, 2.75) is 0 Å². The number of rotatable bonds is 4. The maximum Gasteiger partial charge on any atom is 0.165 e. The van der Waals surface area contributed by atoms with Crippen molar-refractivity contribution in [3.63, 3.8) is 0 Å². The zero-order chi connectivity index (χ0) is 34.2. The molecule has 0 amide bonds. The van der Waals surface area contributed by atoms with E-state index in [1.807, 2.05) is 48.5 Å². The standard InChI is InChI=1S/C46H26N4OS/c1-2-12-28(13-3-1)44-48-45(50-46(49-44)35-18-10-17-33-32-15-7-9-20-39(32)52-43(33)35)31-23-24-38-36(26-31)40-34-16-6-8-19-37(34)47-41(42(40)51-38)30-22-21-27-11-4-5-14-29(27)25-30/h1-26H. The molecule has 6 heteroatoms. The van der Waals surface area contributed by atoms with Crippen molar-refractivity contribution >= 4 is 75.1 Å². The Kier molecular flexibility index (Phi) is 6.35. The molecule has 11 rings (SSSR count). The van der Waals surface area contributed by atoms with E-state index in [9.17, 15) is 0 Å². The van der Waals surface area contributed by atoms with Gasteiger partial charge in [0, 0.05) is 58.6 Å². The van der Waals surface area contributed by atoms with Crippen LogP contribution in [0.25, 0.3) is 109 Å². The first-order valence-electron chi connectivity index (χ1n) is 17.2. The summed E-state index contributed by atoms with van der Waals surface area (Å²) < 4.78 is 9.10. The fourth-order valence-corrected chi connectivity index (χ4v) is 8.63. The molecule has 0 atom stereocenters. The molecule has 0 saturated carbocycles. The molecule has 5 nitrogen and oxygen atoms in total. The number of aromatic nitrogens is 4. The van der Waals surface area contributed by atoms with Gasteiger partial charge in [0.05, 0.1) is 5.52 Å². The predicted molar refractivity (Wildman–Crippen MR) is 215 cm³/mol. The second kappa shape index (κ2) is 11.4. The first-order chi connectivity index (χ1) is 25.7. The number of nitrogens with zero attached hydrogens (tertiary/aromatic N) is 4. The van der Waals surface area contributed by atoms with E-state index < -0.39 is 0 Å². The number of benzene rings is 7. The van der Waals surface area contributed by atoms with Crippen LogP contribution in [0.5, 0.6) is 0 Å². The van der Waals surface area contributed by atoms with E-state index in [0.29, 0.717) is 17.5 Å². The Hall–Kier alpha value is -6.76. The van der Waals surface area contributed by atoms with Gasteiger partial charge in [0.2, 0.25) is 0 Å². The molecular weight excluding hydrogens is 657 g/mol. The summed E-state index contributed by atoms with van der Waals surface area (Å²) in [5, 5.41) is 7.84. The van der Waals surface area contributed by atoms with Crippen LogP contribution in [0.2, 0.25) is 0 Å². The second-order valence-corrected chi connectivity index (χ2v) is 14.1. The molecule has 0 N–H and O–H groups in total. The number of furan rings is 1. The summed E-state index contributed by atoms with van der Waals surface area (Å²) in [5.74, 6) is 1.88. The zero-order valence-corrected chi connectivity index (χ0v) is 28.4. The molecule has 0 bridgehead atoms. The summed E-state index contributed by atoms with van der Waals surface area (Å²) in [5.41, 5.74) is 7.10. The lowest BCUT2D eigenvalue weighted by Crippen LogP contribution is -2.00. The minimum absolute atomic E-state index is 0.603. The zero-order valence-electron chi connectivity index (χ0n) is 27.6. The smallest absolute Gasteiger partial charge is 0.165 e. The molecule has 0 unspecified atom stereocenters. The summed E-state index contributed by atoms with van der Waals surface area (Å²) in [7, 11) is 0. The largest absolute Gasteiger partial charge is 0.454 e. The van der Waals surface area contributed by atoms with Crippen LogP contribution >= 0.6 is 11.3 Å². The summed E-state index contributed by atoms with van der Waals surface area (Å²) >= 11 is 1.77. The first kappa shape index (κ1) is 29.0. The van der Waals surface area contributed by atoms with Crippen LogP contribution < -0.4 is 0 Å². The van der Waals surface area contributed by atoms with Gasteiger partial charge >= 0.3 is 0 Å². The number of para-hydroxylation sites is 1. The van der Waals surface area contributed by atoms with Gasteiger partial charge in [-0.1, -0.05) is 115 Å². The van der Waals surface area contributed by atoms with Crippen molar-refractivity contribution in [3.8, 4) is 45.4 Å². The highest BCUT2D eigenvalue weighted by Crippen LogP contribution is 2.42. The van der Waals surface area contributed by atoms with Crippen LogP contribution in [0.1, 0.15) is 0 Å². The van der Waals surface area contributed by atoms with E-state index in [0.717, 1.165) is 70.9 Å². The molecule has 0 fully saturated rings. The number of fused-ring (bicyclic) bond motifs is 9. The summed E-state index contributed by atoms with van der Waals surface area (Å²) in [6.45, 7) is 0. The molecule has 0 aliphatic heterocycles. The van der Waals surface area contributed by atoms with Gasteiger partial charge in [0.15, 0.2) is 23.1 Å². The van der Waals surface area contributed by atoms with Gasteiger partial charge < -0.3 is 4.42 Å². The molecule has 4 heterocycles. The van der Waals surface area contributed by atoms with Crippen LogP contribution in [0.3, 0.4) is 0 Å². The molecule has 4 aromatic heterocycles. The third kappa shape index (κ3) is 4.55. The van der Waals surface area contributed by atoms with Crippen LogP contribution in [-0.2, 0) is 0 Å². The molecule has 7 aromatic carbocycles. The highest BCUT2D eigenvalue weighted by molar-refractivity contribution is 7.26. The third-order valence-corrected chi connectivity index (χ3v) is 11.1. The molecule has 0 radical (unpaired) electrons. The monoisotopic (exact) mass is 682 g/mol. The third-order valence-electron chi connectivity index (χ3n) is 9.90.